The van der Waals surface area contributed by atoms with Crippen molar-refractivity contribution >= 4 is 5.82 Å². The summed E-state index contributed by atoms with van der Waals surface area (Å²) in [6, 6.07) is 5.84. The monoisotopic (exact) mass is 217 g/mol. The third-order valence-corrected chi connectivity index (χ3v) is 3.96. The lowest BCUT2D eigenvalue weighted by atomic mass is 9.85. The Hall–Kier alpha value is -1.09. The van der Waals surface area contributed by atoms with Crippen LogP contribution in [0.1, 0.15) is 30.7 Å². The molecule has 16 heavy (non-hydrogen) atoms. The first kappa shape index (κ1) is 10.1. The minimum absolute atomic E-state index is 0.697. The lowest BCUT2D eigenvalue weighted by molar-refractivity contribution is 0.505. The van der Waals surface area contributed by atoms with Crippen LogP contribution in [0.4, 0.5) is 5.82 Å². The molecule has 3 atom stereocenters. The van der Waals surface area contributed by atoms with Gasteiger partial charge in [0, 0.05) is 38.3 Å². The third kappa shape index (κ3) is 1.59. The maximum atomic E-state index is 4.50. The summed E-state index contributed by atoms with van der Waals surface area (Å²) in [4.78, 5) is 6.55. The van der Waals surface area contributed by atoms with Gasteiger partial charge >= 0.3 is 0 Å². The van der Waals surface area contributed by atoms with Crippen molar-refractivity contribution in [2.24, 2.45) is 0 Å². The summed E-state index contributed by atoms with van der Waals surface area (Å²) in [5.74, 6) is 1.74. The van der Waals surface area contributed by atoms with Gasteiger partial charge in [0.2, 0.25) is 0 Å². The van der Waals surface area contributed by atoms with E-state index in [-0.39, 0.29) is 0 Å². The topological polar surface area (TPSA) is 28.2 Å². The smallest absolute Gasteiger partial charge is 0.127 e. The van der Waals surface area contributed by atoms with Crippen molar-refractivity contribution < 1.29 is 0 Å². The number of nitrogens with zero attached hydrogens (tertiary/aromatic N) is 2. The van der Waals surface area contributed by atoms with Crippen molar-refractivity contribution in [1.82, 2.24) is 10.3 Å². The van der Waals surface area contributed by atoms with Crippen molar-refractivity contribution in [3.05, 3.63) is 23.9 Å². The summed E-state index contributed by atoms with van der Waals surface area (Å²) >= 11 is 0. The van der Waals surface area contributed by atoms with Gasteiger partial charge in [0.05, 0.1) is 0 Å². The van der Waals surface area contributed by atoms with Gasteiger partial charge in [0.1, 0.15) is 5.82 Å². The number of fused-ring (bicyclic) bond motifs is 2. The Bertz CT molecular complexity index is 371. The van der Waals surface area contributed by atoms with E-state index in [0.29, 0.717) is 12.0 Å². The van der Waals surface area contributed by atoms with E-state index in [0.717, 1.165) is 11.9 Å². The predicted octanol–water partition coefficient (Wildman–Crippen LogP) is 1.76. The second-order valence-electron chi connectivity index (χ2n) is 5.23. The van der Waals surface area contributed by atoms with Crippen LogP contribution in [0.3, 0.4) is 0 Å². The molecule has 0 spiro atoms. The molecule has 0 radical (unpaired) electrons. The summed E-state index contributed by atoms with van der Waals surface area (Å²) < 4.78 is 0. The van der Waals surface area contributed by atoms with Gasteiger partial charge in [0.15, 0.2) is 0 Å². The number of aromatic nitrogens is 1. The number of nitrogens with one attached hydrogen (secondary N) is 1. The molecule has 0 amide bonds. The van der Waals surface area contributed by atoms with Crippen molar-refractivity contribution in [3.63, 3.8) is 0 Å². The number of rotatable bonds is 2. The van der Waals surface area contributed by atoms with Gasteiger partial charge in [-0.3, -0.25) is 0 Å². The first-order chi connectivity index (χ1) is 7.74. The van der Waals surface area contributed by atoms with Gasteiger partial charge in [0.25, 0.3) is 0 Å². The highest BCUT2D eigenvalue weighted by Crippen LogP contribution is 2.39. The molecule has 1 aromatic rings. The minimum Gasteiger partial charge on any atom is -0.363 e. The van der Waals surface area contributed by atoms with Gasteiger partial charge in [-0.2, -0.15) is 0 Å². The van der Waals surface area contributed by atoms with E-state index in [2.05, 4.69) is 28.6 Å². The largest absolute Gasteiger partial charge is 0.363 e. The van der Waals surface area contributed by atoms with Crippen LogP contribution in [0.5, 0.6) is 0 Å². The predicted molar refractivity (Wildman–Crippen MR) is 65.9 cm³/mol. The average molecular weight is 217 g/mol. The van der Waals surface area contributed by atoms with E-state index >= 15 is 0 Å². The van der Waals surface area contributed by atoms with Crippen LogP contribution in [0.2, 0.25) is 0 Å². The van der Waals surface area contributed by atoms with Crippen LogP contribution < -0.4 is 10.2 Å². The number of pyridine rings is 1. The summed E-state index contributed by atoms with van der Waals surface area (Å²) in [7, 11) is 4.06. The maximum absolute atomic E-state index is 4.50. The molecule has 0 saturated carbocycles. The molecule has 2 fully saturated rings. The van der Waals surface area contributed by atoms with Gasteiger partial charge in [-0.25, -0.2) is 4.98 Å². The molecule has 3 heteroatoms. The van der Waals surface area contributed by atoms with E-state index < -0.39 is 0 Å². The molecule has 0 aromatic carbocycles. The first-order valence-electron chi connectivity index (χ1n) is 6.13. The highest BCUT2D eigenvalue weighted by Gasteiger charge is 2.39. The lowest BCUT2D eigenvalue weighted by Gasteiger charge is -2.21. The van der Waals surface area contributed by atoms with Crippen LogP contribution in [0, 0.1) is 0 Å². The van der Waals surface area contributed by atoms with Gasteiger partial charge in [-0.05, 0) is 30.9 Å². The highest BCUT2D eigenvalue weighted by atomic mass is 15.1. The standard InChI is InChI=1S/C13H19N3/c1-16(2)13-6-3-9(8-14-13)11-7-10-4-5-12(11)15-10/h3,6,8,10-12,15H,4-5,7H2,1-2H3. The molecule has 3 unspecified atom stereocenters. The molecule has 3 rings (SSSR count). The highest BCUT2D eigenvalue weighted by molar-refractivity contribution is 5.38. The van der Waals surface area contributed by atoms with Crippen molar-refractivity contribution in [2.75, 3.05) is 19.0 Å². The fourth-order valence-electron chi connectivity index (χ4n) is 3.07. The van der Waals surface area contributed by atoms with Crippen LogP contribution in [0.25, 0.3) is 0 Å². The quantitative estimate of drug-likeness (QED) is 0.818. The van der Waals surface area contributed by atoms with Gasteiger partial charge < -0.3 is 10.2 Å². The minimum atomic E-state index is 0.697. The fraction of sp³-hybridized carbons (Fsp3) is 0.615. The van der Waals surface area contributed by atoms with Gasteiger partial charge in [-0.15, -0.1) is 0 Å². The molecule has 2 aliphatic rings. The van der Waals surface area contributed by atoms with Crippen LogP contribution in [0.15, 0.2) is 18.3 Å². The second-order valence-corrected chi connectivity index (χ2v) is 5.23. The molecule has 2 aliphatic heterocycles. The molecule has 3 heterocycles. The van der Waals surface area contributed by atoms with Crippen LogP contribution in [-0.2, 0) is 0 Å². The zero-order valence-corrected chi connectivity index (χ0v) is 9.98. The zero-order valence-electron chi connectivity index (χ0n) is 9.98. The Morgan fingerprint density at radius 2 is 2.19 bits per heavy atom. The summed E-state index contributed by atoms with van der Waals surface area (Å²) in [6.07, 6.45) is 6.06. The molecule has 2 saturated heterocycles. The first-order valence-corrected chi connectivity index (χ1v) is 6.13. The van der Waals surface area contributed by atoms with Crippen molar-refractivity contribution in [1.29, 1.82) is 0 Å². The normalized spacial score (nSPS) is 32.0. The molecule has 3 nitrogen and oxygen atoms in total. The Morgan fingerprint density at radius 3 is 2.69 bits per heavy atom. The van der Waals surface area contributed by atoms with E-state index in [1.807, 2.05) is 19.0 Å². The SMILES string of the molecule is CN(C)c1ccc(C2CC3CCC2N3)cn1. The Morgan fingerprint density at radius 1 is 1.31 bits per heavy atom. The van der Waals surface area contributed by atoms with E-state index in [4.69, 9.17) is 0 Å². The van der Waals surface area contributed by atoms with Crippen LogP contribution >= 0.6 is 0 Å². The Balaban J connectivity index is 1.80. The molecule has 0 aliphatic carbocycles. The maximum Gasteiger partial charge on any atom is 0.127 e. The molecule has 1 N–H and O–H groups in total. The van der Waals surface area contributed by atoms with E-state index in [1.54, 1.807) is 0 Å². The lowest BCUT2D eigenvalue weighted by Crippen LogP contribution is -2.21. The van der Waals surface area contributed by atoms with E-state index in [1.165, 1.54) is 24.8 Å². The Labute approximate surface area is 96.9 Å². The fourth-order valence-corrected chi connectivity index (χ4v) is 3.07. The summed E-state index contributed by atoms with van der Waals surface area (Å²) in [5.41, 5.74) is 1.41. The number of hydrogen-bond acceptors (Lipinski definition) is 3. The Kier molecular flexibility index (Phi) is 2.36. The summed E-state index contributed by atoms with van der Waals surface area (Å²) in [6.45, 7) is 0. The zero-order chi connectivity index (χ0) is 11.1. The van der Waals surface area contributed by atoms with Gasteiger partial charge in [-0.1, -0.05) is 6.07 Å². The second kappa shape index (κ2) is 3.74. The van der Waals surface area contributed by atoms with E-state index in [9.17, 15) is 0 Å². The third-order valence-electron chi connectivity index (χ3n) is 3.96. The van der Waals surface area contributed by atoms with Crippen molar-refractivity contribution in [3.8, 4) is 0 Å². The average Bonchev–Trinajstić information content (AvgIpc) is 2.91. The van der Waals surface area contributed by atoms with Crippen molar-refractivity contribution in [2.45, 2.75) is 37.3 Å². The van der Waals surface area contributed by atoms with Crippen LogP contribution in [-0.4, -0.2) is 31.2 Å². The molecule has 86 valence electrons. The number of anilines is 1. The molecule has 2 bridgehead atoms. The molecular weight excluding hydrogens is 198 g/mol. The molecule has 1 aromatic heterocycles. The summed E-state index contributed by atoms with van der Waals surface area (Å²) in [5, 5.41) is 3.68. The molecular formula is C13H19N3. The number of hydrogen-bond donors (Lipinski definition) is 1.